The second kappa shape index (κ2) is 5.23. The van der Waals surface area contributed by atoms with Crippen LogP contribution in [0.2, 0.25) is 0 Å². The summed E-state index contributed by atoms with van der Waals surface area (Å²) in [5.41, 5.74) is 3.59. The molecule has 0 fully saturated rings. The number of nitriles is 1. The van der Waals surface area contributed by atoms with Crippen LogP contribution in [0.4, 0.5) is 5.69 Å². The number of aromatic nitrogens is 2. The van der Waals surface area contributed by atoms with Crippen molar-refractivity contribution in [3.8, 4) is 6.07 Å². The number of aryl methyl sites for hydroxylation is 2. The quantitative estimate of drug-likeness (QED) is 0.948. The van der Waals surface area contributed by atoms with Gasteiger partial charge in [0.05, 0.1) is 16.9 Å². The first-order valence-corrected chi connectivity index (χ1v) is 6.32. The molecule has 92 valence electrons. The van der Waals surface area contributed by atoms with Crippen molar-refractivity contribution in [2.45, 2.75) is 13.5 Å². The monoisotopic (exact) mass is 304 g/mol. The van der Waals surface area contributed by atoms with Gasteiger partial charge in [0, 0.05) is 29.8 Å². The molecule has 4 nitrogen and oxygen atoms in total. The lowest BCUT2D eigenvalue weighted by molar-refractivity contribution is 0.756. The minimum atomic E-state index is 0.639. The van der Waals surface area contributed by atoms with E-state index in [-0.39, 0.29) is 0 Å². The zero-order valence-corrected chi connectivity index (χ0v) is 11.8. The first kappa shape index (κ1) is 12.7. The highest BCUT2D eigenvalue weighted by atomic mass is 79.9. The molecule has 2 aromatic rings. The van der Waals surface area contributed by atoms with Crippen LogP contribution in [-0.4, -0.2) is 9.78 Å². The Labute approximate surface area is 114 Å². The number of halogens is 1. The van der Waals surface area contributed by atoms with Gasteiger partial charge >= 0.3 is 0 Å². The van der Waals surface area contributed by atoms with Crippen molar-refractivity contribution < 1.29 is 0 Å². The van der Waals surface area contributed by atoms with Crippen molar-refractivity contribution in [2.24, 2.45) is 7.05 Å². The summed E-state index contributed by atoms with van der Waals surface area (Å²) >= 11 is 3.40. The Bertz CT molecular complexity index is 610. The molecule has 1 aromatic carbocycles. The van der Waals surface area contributed by atoms with E-state index in [1.807, 2.05) is 32.3 Å². The molecule has 0 aliphatic rings. The highest BCUT2D eigenvalue weighted by Gasteiger charge is 2.05. The molecular formula is C13H13BrN4. The van der Waals surface area contributed by atoms with Crippen molar-refractivity contribution in [1.82, 2.24) is 9.78 Å². The van der Waals surface area contributed by atoms with E-state index in [4.69, 9.17) is 5.26 Å². The van der Waals surface area contributed by atoms with Gasteiger partial charge in [-0.15, -0.1) is 0 Å². The van der Waals surface area contributed by atoms with Crippen LogP contribution in [0.15, 0.2) is 28.9 Å². The molecule has 0 aliphatic heterocycles. The lowest BCUT2D eigenvalue weighted by Crippen LogP contribution is -2.01. The summed E-state index contributed by atoms with van der Waals surface area (Å²) in [6, 6.07) is 7.74. The molecule has 0 aliphatic carbocycles. The van der Waals surface area contributed by atoms with Gasteiger partial charge in [0.1, 0.15) is 6.07 Å². The Kier molecular flexibility index (Phi) is 3.68. The topological polar surface area (TPSA) is 53.6 Å². The summed E-state index contributed by atoms with van der Waals surface area (Å²) < 4.78 is 2.74. The van der Waals surface area contributed by atoms with Gasteiger partial charge in [-0.05, 0) is 25.1 Å². The third-order valence-electron chi connectivity index (χ3n) is 2.69. The van der Waals surface area contributed by atoms with E-state index in [0.717, 1.165) is 21.4 Å². The Morgan fingerprint density at radius 2 is 2.28 bits per heavy atom. The minimum absolute atomic E-state index is 0.639. The molecule has 0 saturated carbocycles. The highest BCUT2D eigenvalue weighted by molar-refractivity contribution is 9.10. The van der Waals surface area contributed by atoms with Crippen LogP contribution in [0.25, 0.3) is 0 Å². The Morgan fingerprint density at radius 1 is 1.50 bits per heavy atom. The molecule has 0 amide bonds. The largest absolute Gasteiger partial charge is 0.380 e. The molecule has 5 heteroatoms. The average Bonchev–Trinajstić information content (AvgIpc) is 2.65. The molecule has 0 saturated heterocycles. The number of rotatable bonds is 3. The molecule has 0 bridgehead atoms. The van der Waals surface area contributed by atoms with Crippen LogP contribution < -0.4 is 5.32 Å². The molecule has 1 aromatic heterocycles. The molecule has 0 spiro atoms. The summed E-state index contributed by atoms with van der Waals surface area (Å²) in [5.74, 6) is 0. The standard InChI is InChI=1S/C13H13BrN4/c1-9-11(8-18(2)17-9)7-16-13-5-12(14)4-3-10(13)6-15/h3-5,8,16H,7H2,1-2H3. The van der Waals surface area contributed by atoms with Crippen molar-refractivity contribution in [2.75, 3.05) is 5.32 Å². The van der Waals surface area contributed by atoms with Gasteiger partial charge in [0.2, 0.25) is 0 Å². The minimum Gasteiger partial charge on any atom is -0.380 e. The van der Waals surface area contributed by atoms with Gasteiger partial charge in [-0.2, -0.15) is 10.4 Å². The van der Waals surface area contributed by atoms with Gasteiger partial charge in [0.15, 0.2) is 0 Å². The zero-order valence-electron chi connectivity index (χ0n) is 10.2. The first-order chi connectivity index (χ1) is 8.60. The summed E-state index contributed by atoms with van der Waals surface area (Å²) in [7, 11) is 1.90. The molecule has 0 unspecified atom stereocenters. The molecule has 1 heterocycles. The molecule has 0 radical (unpaired) electrons. The molecule has 18 heavy (non-hydrogen) atoms. The Balaban J connectivity index is 2.18. The predicted octanol–water partition coefficient (Wildman–Crippen LogP) is 2.97. The lowest BCUT2D eigenvalue weighted by Gasteiger charge is -2.08. The van der Waals surface area contributed by atoms with Crippen LogP contribution in [0, 0.1) is 18.3 Å². The highest BCUT2D eigenvalue weighted by Crippen LogP contribution is 2.21. The van der Waals surface area contributed by atoms with E-state index in [0.29, 0.717) is 12.1 Å². The van der Waals surface area contributed by atoms with Gasteiger partial charge in [-0.1, -0.05) is 15.9 Å². The third-order valence-corrected chi connectivity index (χ3v) is 3.18. The van der Waals surface area contributed by atoms with E-state index in [9.17, 15) is 0 Å². The average molecular weight is 305 g/mol. The summed E-state index contributed by atoms with van der Waals surface area (Å²) in [6.45, 7) is 2.63. The fourth-order valence-electron chi connectivity index (χ4n) is 1.77. The maximum absolute atomic E-state index is 9.04. The number of hydrogen-bond donors (Lipinski definition) is 1. The van der Waals surface area contributed by atoms with Gasteiger partial charge in [-0.25, -0.2) is 0 Å². The van der Waals surface area contributed by atoms with E-state index in [1.165, 1.54) is 0 Å². The Morgan fingerprint density at radius 3 is 2.89 bits per heavy atom. The van der Waals surface area contributed by atoms with Gasteiger partial charge < -0.3 is 5.32 Å². The van der Waals surface area contributed by atoms with Crippen molar-refractivity contribution in [3.63, 3.8) is 0 Å². The van der Waals surface area contributed by atoms with Crippen LogP contribution in [0.1, 0.15) is 16.8 Å². The van der Waals surface area contributed by atoms with E-state index in [1.54, 1.807) is 10.7 Å². The zero-order chi connectivity index (χ0) is 13.1. The maximum Gasteiger partial charge on any atom is 0.101 e. The van der Waals surface area contributed by atoms with Crippen LogP contribution in [0.3, 0.4) is 0 Å². The number of anilines is 1. The normalized spacial score (nSPS) is 10.1. The predicted molar refractivity (Wildman–Crippen MR) is 74.1 cm³/mol. The smallest absolute Gasteiger partial charge is 0.101 e. The fraction of sp³-hybridized carbons (Fsp3) is 0.231. The van der Waals surface area contributed by atoms with Crippen molar-refractivity contribution in [3.05, 3.63) is 45.7 Å². The van der Waals surface area contributed by atoms with Crippen LogP contribution in [-0.2, 0) is 13.6 Å². The number of nitrogens with one attached hydrogen (secondary N) is 1. The molecule has 2 rings (SSSR count). The van der Waals surface area contributed by atoms with E-state index in [2.05, 4.69) is 32.4 Å². The van der Waals surface area contributed by atoms with Crippen LogP contribution >= 0.6 is 15.9 Å². The fourth-order valence-corrected chi connectivity index (χ4v) is 2.13. The van der Waals surface area contributed by atoms with Crippen LogP contribution in [0.5, 0.6) is 0 Å². The Hall–Kier alpha value is -1.80. The number of benzene rings is 1. The number of nitrogens with zero attached hydrogens (tertiary/aromatic N) is 3. The summed E-state index contributed by atoms with van der Waals surface area (Å²) in [6.07, 6.45) is 1.98. The third kappa shape index (κ3) is 2.71. The molecule has 0 atom stereocenters. The molecule has 1 N–H and O–H groups in total. The maximum atomic E-state index is 9.04. The van der Waals surface area contributed by atoms with E-state index < -0.39 is 0 Å². The second-order valence-corrected chi connectivity index (χ2v) is 4.98. The first-order valence-electron chi connectivity index (χ1n) is 5.53. The SMILES string of the molecule is Cc1nn(C)cc1CNc1cc(Br)ccc1C#N. The second-order valence-electron chi connectivity index (χ2n) is 4.07. The van der Waals surface area contributed by atoms with E-state index >= 15 is 0 Å². The molecular weight excluding hydrogens is 292 g/mol. The van der Waals surface area contributed by atoms with Gasteiger partial charge in [0.25, 0.3) is 0 Å². The summed E-state index contributed by atoms with van der Waals surface area (Å²) in [4.78, 5) is 0. The lowest BCUT2D eigenvalue weighted by atomic mass is 10.2. The van der Waals surface area contributed by atoms with Crippen molar-refractivity contribution in [1.29, 1.82) is 5.26 Å². The summed E-state index contributed by atoms with van der Waals surface area (Å²) in [5, 5.41) is 16.6. The van der Waals surface area contributed by atoms with Gasteiger partial charge in [-0.3, -0.25) is 4.68 Å². The van der Waals surface area contributed by atoms with Crippen molar-refractivity contribution >= 4 is 21.6 Å². The number of hydrogen-bond acceptors (Lipinski definition) is 3.